The van der Waals surface area contributed by atoms with E-state index in [1.54, 1.807) is 36.4 Å². The number of anilines is 1. The van der Waals surface area contributed by atoms with Crippen LogP contribution in [0.1, 0.15) is 46.0 Å². The zero-order valence-electron chi connectivity index (χ0n) is 14.3. The van der Waals surface area contributed by atoms with Crippen LogP contribution in [0.2, 0.25) is 0 Å². The summed E-state index contributed by atoms with van der Waals surface area (Å²) in [6.07, 6.45) is 0. The van der Waals surface area contributed by atoms with Crippen molar-refractivity contribution in [2.75, 3.05) is 12.4 Å². The van der Waals surface area contributed by atoms with Gasteiger partial charge in [0.05, 0.1) is 18.4 Å². The van der Waals surface area contributed by atoms with Crippen LogP contribution in [0.15, 0.2) is 48.5 Å². The predicted molar refractivity (Wildman–Crippen MR) is 102 cm³/mol. The van der Waals surface area contributed by atoms with Crippen LogP contribution in [0.5, 0.6) is 0 Å². The van der Waals surface area contributed by atoms with Crippen LogP contribution < -0.4 is 10.6 Å². The number of amides is 1. The Morgan fingerprint density at radius 2 is 1.68 bits per heavy atom. The number of methoxy groups -OCH3 is 1. The number of carbonyl (C=O) groups is 2. The number of thiocarbonyl (C=S) groups is 1. The molecule has 0 heterocycles. The van der Waals surface area contributed by atoms with E-state index in [4.69, 9.17) is 17.0 Å². The molecule has 2 rings (SSSR count). The maximum atomic E-state index is 12.3. The lowest BCUT2D eigenvalue weighted by atomic mass is 10.0. The highest BCUT2D eigenvalue weighted by Crippen LogP contribution is 2.16. The highest BCUT2D eigenvalue weighted by atomic mass is 32.1. The van der Waals surface area contributed by atoms with Gasteiger partial charge in [0.15, 0.2) is 5.11 Å². The van der Waals surface area contributed by atoms with E-state index in [1.165, 1.54) is 7.11 Å². The van der Waals surface area contributed by atoms with Gasteiger partial charge in [-0.1, -0.05) is 38.1 Å². The van der Waals surface area contributed by atoms with Gasteiger partial charge in [-0.25, -0.2) is 4.79 Å². The Balaban J connectivity index is 2.05. The first-order valence-corrected chi connectivity index (χ1v) is 8.23. The van der Waals surface area contributed by atoms with Crippen molar-refractivity contribution < 1.29 is 14.3 Å². The number of esters is 1. The summed E-state index contributed by atoms with van der Waals surface area (Å²) in [5, 5.41) is 5.57. The molecule has 0 saturated carbocycles. The number of rotatable bonds is 4. The van der Waals surface area contributed by atoms with Gasteiger partial charge in [-0.2, -0.15) is 0 Å². The van der Waals surface area contributed by atoms with Crippen molar-refractivity contribution in [3.63, 3.8) is 0 Å². The molecular weight excluding hydrogens is 336 g/mol. The molecule has 0 aromatic heterocycles. The maximum absolute atomic E-state index is 12.3. The number of benzene rings is 2. The van der Waals surface area contributed by atoms with Crippen LogP contribution in [-0.4, -0.2) is 24.1 Å². The first-order chi connectivity index (χ1) is 11.9. The van der Waals surface area contributed by atoms with Gasteiger partial charge in [0, 0.05) is 5.56 Å². The highest BCUT2D eigenvalue weighted by molar-refractivity contribution is 7.80. The Labute approximate surface area is 152 Å². The molecule has 0 atom stereocenters. The Bertz CT molecular complexity index is 786. The van der Waals surface area contributed by atoms with Crippen molar-refractivity contribution >= 4 is 34.9 Å². The number of hydrogen-bond acceptors (Lipinski definition) is 4. The smallest absolute Gasteiger partial charge is 0.339 e. The Morgan fingerprint density at radius 3 is 2.28 bits per heavy atom. The molecule has 130 valence electrons. The van der Waals surface area contributed by atoms with Gasteiger partial charge in [0.1, 0.15) is 0 Å². The van der Waals surface area contributed by atoms with Crippen LogP contribution in [0.3, 0.4) is 0 Å². The summed E-state index contributed by atoms with van der Waals surface area (Å²) < 4.78 is 4.73. The quantitative estimate of drug-likeness (QED) is 0.645. The van der Waals surface area contributed by atoms with Gasteiger partial charge in [-0.15, -0.1) is 0 Å². The van der Waals surface area contributed by atoms with Crippen molar-refractivity contribution in [3.8, 4) is 0 Å². The third-order valence-corrected chi connectivity index (χ3v) is 3.85. The van der Waals surface area contributed by atoms with Gasteiger partial charge < -0.3 is 10.1 Å². The SMILES string of the molecule is COC(=O)c1ccccc1NC(=S)NC(=O)c1ccc(C(C)C)cc1. The van der Waals surface area contributed by atoms with E-state index in [-0.39, 0.29) is 11.0 Å². The van der Waals surface area contributed by atoms with Crippen LogP contribution in [0, 0.1) is 0 Å². The molecule has 0 bridgehead atoms. The average Bonchev–Trinajstić information content (AvgIpc) is 2.61. The van der Waals surface area contributed by atoms with Crippen molar-refractivity contribution in [2.24, 2.45) is 0 Å². The second-order valence-electron chi connectivity index (χ2n) is 5.72. The topological polar surface area (TPSA) is 67.4 Å². The lowest BCUT2D eigenvalue weighted by Crippen LogP contribution is -2.34. The van der Waals surface area contributed by atoms with Gasteiger partial charge >= 0.3 is 5.97 Å². The van der Waals surface area contributed by atoms with Crippen molar-refractivity contribution in [3.05, 3.63) is 65.2 Å². The van der Waals surface area contributed by atoms with Gasteiger partial charge in [0.25, 0.3) is 5.91 Å². The maximum Gasteiger partial charge on any atom is 0.339 e. The molecule has 2 aromatic carbocycles. The van der Waals surface area contributed by atoms with Crippen molar-refractivity contribution in [2.45, 2.75) is 19.8 Å². The minimum atomic E-state index is -0.485. The second-order valence-corrected chi connectivity index (χ2v) is 6.13. The first kappa shape index (κ1) is 18.6. The molecule has 1 amide bonds. The molecule has 0 aliphatic carbocycles. The molecule has 0 unspecified atom stereocenters. The number of nitrogens with one attached hydrogen (secondary N) is 2. The van der Waals surface area contributed by atoms with Gasteiger partial charge in [0.2, 0.25) is 0 Å². The third-order valence-electron chi connectivity index (χ3n) is 3.65. The van der Waals surface area contributed by atoms with Crippen LogP contribution in [-0.2, 0) is 4.74 Å². The Kier molecular flexibility index (Phi) is 6.25. The first-order valence-electron chi connectivity index (χ1n) is 7.82. The fourth-order valence-electron chi connectivity index (χ4n) is 2.23. The molecule has 0 aliphatic rings. The summed E-state index contributed by atoms with van der Waals surface area (Å²) in [6.45, 7) is 4.18. The summed E-state index contributed by atoms with van der Waals surface area (Å²) in [7, 11) is 1.31. The number of ether oxygens (including phenoxy) is 1. The molecular formula is C19H20N2O3S. The van der Waals surface area contributed by atoms with Crippen LogP contribution in [0.25, 0.3) is 0 Å². The van der Waals surface area contributed by atoms with Crippen molar-refractivity contribution in [1.82, 2.24) is 5.32 Å². The largest absolute Gasteiger partial charge is 0.465 e. The Morgan fingerprint density at radius 1 is 1.04 bits per heavy atom. The summed E-state index contributed by atoms with van der Waals surface area (Å²) >= 11 is 5.17. The summed E-state index contributed by atoms with van der Waals surface area (Å²) in [5.74, 6) is -0.403. The molecule has 6 heteroatoms. The lowest BCUT2D eigenvalue weighted by molar-refractivity contribution is 0.0602. The van der Waals surface area contributed by atoms with E-state index in [1.807, 2.05) is 12.1 Å². The van der Waals surface area contributed by atoms with Gasteiger partial charge in [-0.05, 0) is 48.0 Å². The standard InChI is InChI=1S/C19H20N2O3S/c1-12(2)13-8-10-14(11-9-13)17(22)21-19(25)20-16-7-5-4-6-15(16)18(23)24-3/h4-12H,1-3H3,(H2,20,21,22,25). The summed E-state index contributed by atoms with van der Waals surface area (Å²) in [5.41, 5.74) is 2.47. The number of para-hydroxylation sites is 1. The number of carbonyl (C=O) groups excluding carboxylic acids is 2. The molecule has 0 spiro atoms. The zero-order valence-corrected chi connectivity index (χ0v) is 15.1. The monoisotopic (exact) mass is 356 g/mol. The third kappa shape index (κ3) is 4.87. The van der Waals surface area contributed by atoms with Crippen LogP contribution in [0.4, 0.5) is 5.69 Å². The molecule has 0 radical (unpaired) electrons. The average molecular weight is 356 g/mol. The fraction of sp³-hybridized carbons (Fsp3) is 0.211. The molecule has 2 aromatic rings. The molecule has 0 fully saturated rings. The van der Waals surface area contributed by atoms with Gasteiger partial charge in [-0.3, -0.25) is 10.1 Å². The van der Waals surface area contributed by atoms with E-state index in [2.05, 4.69) is 24.5 Å². The molecule has 0 aliphatic heterocycles. The van der Waals surface area contributed by atoms with Crippen LogP contribution >= 0.6 is 12.2 Å². The second kappa shape index (κ2) is 8.39. The highest BCUT2D eigenvalue weighted by Gasteiger charge is 2.13. The summed E-state index contributed by atoms with van der Waals surface area (Å²) in [4.78, 5) is 24.0. The Hall–Kier alpha value is -2.73. The minimum absolute atomic E-state index is 0.106. The van der Waals surface area contributed by atoms with E-state index < -0.39 is 5.97 Å². The predicted octanol–water partition coefficient (Wildman–Crippen LogP) is 3.72. The molecule has 25 heavy (non-hydrogen) atoms. The zero-order chi connectivity index (χ0) is 18.4. The van der Waals surface area contributed by atoms with E-state index in [0.717, 1.165) is 5.56 Å². The molecule has 0 saturated heterocycles. The minimum Gasteiger partial charge on any atom is -0.465 e. The van der Waals surface area contributed by atoms with E-state index in [9.17, 15) is 9.59 Å². The fourth-order valence-corrected chi connectivity index (χ4v) is 2.43. The summed E-state index contributed by atoms with van der Waals surface area (Å²) in [6, 6.07) is 14.1. The number of hydrogen-bond donors (Lipinski definition) is 2. The molecule has 2 N–H and O–H groups in total. The van der Waals surface area contributed by atoms with Crippen molar-refractivity contribution in [1.29, 1.82) is 0 Å². The normalized spacial score (nSPS) is 10.2. The van der Waals surface area contributed by atoms with E-state index in [0.29, 0.717) is 22.7 Å². The molecule has 5 nitrogen and oxygen atoms in total. The lowest BCUT2D eigenvalue weighted by Gasteiger charge is -2.13. The van der Waals surface area contributed by atoms with E-state index >= 15 is 0 Å².